The third-order valence-electron chi connectivity index (χ3n) is 0.642. The first-order valence-corrected chi connectivity index (χ1v) is 3.73. The molecule has 0 radical (unpaired) electrons. The first-order valence-electron chi connectivity index (χ1n) is 3.28. The maximum Gasteiger partial charge on any atom is 0.00560 e. The van der Waals surface area contributed by atoms with Gasteiger partial charge in [0.1, 0.15) is 0 Å². The zero-order valence-electron chi connectivity index (χ0n) is 6.07. The van der Waals surface area contributed by atoms with Gasteiger partial charge in [-0.1, -0.05) is 40.0 Å². The average molecular weight is 135 g/mol. The molecule has 0 heterocycles. The molecule has 0 aliphatic rings. The zero-order chi connectivity index (χ0) is 6.83. The number of nitrogens with one attached hydrogen (secondary N) is 1. The van der Waals surface area contributed by atoms with Crippen LogP contribution in [0, 0.1) is 0 Å². The van der Waals surface area contributed by atoms with Crippen LogP contribution in [0.3, 0.4) is 0 Å². The third-order valence-corrected chi connectivity index (χ3v) is 0.866. The molecule has 0 bridgehead atoms. The molecule has 0 aromatic heterocycles. The Labute approximate surface area is 58.4 Å². The fraction of sp³-hybridized carbons (Fsp3) is 1.00. The highest BCUT2D eigenvalue weighted by molar-refractivity contribution is 7.78. The maximum absolute atomic E-state index is 3.80. The number of unbranched alkanes of at least 4 members (excludes halogenated alkanes) is 1. The predicted molar refractivity (Wildman–Crippen MR) is 43.2 cm³/mol. The first-order chi connectivity index (χ1) is 3.91. The molecule has 0 aromatic rings. The molecule has 0 aliphatic heterocycles. The minimum Gasteiger partial charge on any atom is -0.267 e. The van der Waals surface area contributed by atoms with Crippen LogP contribution in [0.15, 0.2) is 0 Å². The van der Waals surface area contributed by atoms with Gasteiger partial charge in [0.05, 0.1) is 0 Å². The maximum atomic E-state index is 3.80. The van der Waals surface area contributed by atoms with Crippen LogP contribution < -0.4 is 4.72 Å². The summed E-state index contributed by atoms with van der Waals surface area (Å²) in [4.78, 5) is 0. The lowest BCUT2D eigenvalue weighted by Gasteiger charge is -1.88. The second-order valence-electron chi connectivity index (χ2n) is 1.26. The van der Waals surface area contributed by atoms with E-state index in [2.05, 4.69) is 24.5 Å². The normalized spacial score (nSPS) is 7.50. The molecule has 0 aliphatic carbocycles. The van der Waals surface area contributed by atoms with E-state index in [-0.39, 0.29) is 0 Å². The zero-order valence-corrected chi connectivity index (χ0v) is 6.96. The number of rotatable bonds is 3. The molecule has 0 amide bonds. The Morgan fingerprint density at radius 2 is 1.88 bits per heavy atom. The van der Waals surface area contributed by atoms with Gasteiger partial charge >= 0.3 is 0 Å². The fourth-order valence-corrected chi connectivity index (χ4v) is 0.414. The predicted octanol–water partition coefficient (Wildman–Crippen LogP) is 2.25. The molecule has 0 unspecified atom stereocenters. The summed E-state index contributed by atoms with van der Waals surface area (Å²) >= 11 is 3.80. The Morgan fingerprint density at radius 3 is 2.00 bits per heavy atom. The highest BCUT2D eigenvalue weighted by Crippen LogP contribution is 1.81. The fourth-order valence-electron chi connectivity index (χ4n) is 0.256. The van der Waals surface area contributed by atoms with Gasteiger partial charge < -0.3 is 0 Å². The molecular formula is C6H17NS. The van der Waals surface area contributed by atoms with Crippen molar-refractivity contribution < 1.29 is 0 Å². The van der Waals surface area contributed by atoms with Gasteiger partial charge in [0.2, 0.25) is 0 Å². The molecule has 0 atom stereocenters. The summed E-state index contributed by atoms with van der Waals surface area (Å²) in [6, 6.07) is 0. The van der Waals surface area contributed by atoms with Crippen molar-refractivity contribution in [2.24, 2.45) is 0 Å². The van der Waals surface area contributed by atoms with E-state index < -0.39 is 0 Å². The molecule has 1 N–H and O–H groups in total. The quantitative estimate of drug-likeness (QED) is 0.447. The van der Waals surface area contributed by atoms with E-state index in [0.717, 1.165) is 6.54 Å². The smallest absolute Gasteiger partial charge is 0.00560 e. The largest absolute Gasteiger partial charge is 0.267 e. The number of thiol groups is 1. The summed E-state index contributed by atoms with van der Waals surface area (Å²) in [5.74, 6) is 0. The van der Waals surface area contributed by atoms with Gasteiger partial charge in [-0.3, -0.25) is 4.72 Å². The van der Waals surface area contributed by atoms with Gasteiger partial charge in [-0.2, -0.15) is 0 Å². The lowest BCUT2D eigenvalue weighted by Crippen LogP contribution is -1.98. The van der Waals surface area contributed by atoms with Crippen LogP contribution >= 0.6 is 12.8 Å². The Morgan fingerprint density at radius 1 is 1.38 bits per heavy atom. The molecule has 2 heteroatoms. The van der Waals surface area contributed by atoms with E-state index in [1.54, 1.807) is 0 Å². The van der Waals surface area contributed by atoms with E-state index in [1.807, 2.05) is 13.8 Å². The van der Waals surface area contributed by atoms with E-state index >= 15 is 0 Å². The van der Waals surface area contributed by atoms with Crippen molar-refractivity contribution in [2.45, 2.75) is 33.6 Å². The monoisotopic (exact) mass is 135 g/mol. The van der Waals surface area contributed by atoms with Crippen molar-refractivity contribution in [1.82, 2.24) is 4.72 Å². The van der Waals surface area contributed by atoms with Gasteiger partial charge in [-0.05, 0) is 6.42 Å². The van der Waals surface area contributed by atoms with Crippen molar-refractivity contribution >= 4 is 12.8 Å². The van der Waals surface area contributed by atoms with Crippen molar-refractivity contribution in [1.29, 1.82) is 0 Å². The van der Waals surface area contributed by atoms with Crippen LogP contribution in [0.1, 0.15) is 33.6 Å². The van der Waals surface area contributed by atoms with Crippen LogP contribution in [0.4, 0.5) is 0 Å². The van der Waals surface area contributed by atoms with Gasteiger partial charge in [-0.15, -0.1) is 0 Å². The van der Waals surface area contributed by atoms with Crippen LogP contribution in [0.5, 0.6) is 0 Å². The SMILES string of the molecule is CC.CCCCNS. The van der Waals surface area contributed by atoms with Crippen molar-refractivity contribution in [3.63, 3.8) is 0 Å². The molecule has 0 saturated heterocycles. The van der Waals surface area contributed by atoms with Crippen LogP contribution in [-0.4, -0.2) is 6.54 Å². The lowest BCUT2D eigenvalue weighted by molar-refractivity contribution is 0.779. The summed E-state index contributed by atoms with van der Waals surface area (Å²) < 4.78 is 2.76. The van der Waals surface area contributed by atoms with Crippen LogP contribution in [-0.2, 0) is 0 Å². The third kappa shape index (κ3) is 16.2. The van der Waals surface area contributed by atoms with E-state index in [9.17, 15) is 0 Å². The molecule has 8 heavy (non-hydrogen) atoms. The van der Waals surface area contributed by atoms with Crippen molar-refractivity contribution in [3.8, 4) is 0 Å². The summed E-state index contributed by atoms with van der Waals surface area (Å²) in [6.07, 6.45) is 2.47. The first kappa shape index (κ1) is 11.2. The van der Waals surface area contributed by atoms with Crippen molar-refractivity contribution in [2.75, 3.05) is 6.54 Å². The molecule has 0 rings (SSSR count). The topological polar surface area (TPSA) is 12.0 Å². The van der Waals surface area contributed by atoms with Gasteiger partial charge in [0, 0.05) is 6.54 Å². The Balaban J connectivity index is 0. The number of hydrogen-bond acceptors (Lipinski definition) is 2. The van der Waals surface area contributed by atoms with E-state index in [0.29, 0.717) is 0 Å². The summed E-state index contributed by atoms with van der Waals surface area (Å²) in [5.41, 5.74) is 0. The Hall–Kier alpha value is 0.310. The highest BCUT2D eigenvalue weighted by atomic mass is 32.1. The van der Waals surface area contributed by atoms with E-state index in [1.165, 1.54) is 12.8 Å². The van der Waals surface area contributed by atoms with Crippen LogP contribution in [0.2, 0.25) is 0 Å². The van der Waals surface area contributed by atoms with Crippen molar-refractivity contribution in [3.05, 3.63) is 0 Å². The average Bonchev–Trinajstić information content (AvgIpc) is 1.88. The Bertz CT molecular complexity index is 20.5. The highest BCUT2D eigenvalue weighted by Gasteiger charge is 1.74. The molecule has 1 nitrogen and oxygen atoms in total. The summed E-state index contributed by atoms with van der Waals surface area (Å²) in [7, 11) is 0. The summed E-state index contributed by atoms with van der Waals surface area (Å²) in [6.45, 7) is 7.19. The van der Waals surface area contributed by atoms with Gasteiger partial charge in [0.25, 0.3) is 0 Å². The summed E-state index contributed by atoms with van der Waals surface area (Å²) in [5, 5.41) is 0. The standard InChI is InChI=1S/C4H11NS.C2H6/c1-2-3-4-5-6;1-2/h5-6H,2-4H2,1H3;1-2H3. The minimum absolute atomic E-state index is 1.03. The second kappa shape index (κ2) is 15.7. The molecule has 0 aromatic carbocycles. The molecule has 0 fully saturated rings. The second-order valence-corrected chi connectivity index (χ2v) is 1.58. The lowest BCUT2D eigenvalue weighted by atomic mass is 10.3. The van der Waals surface area contributed by atoms with Gasteiger partial charge in [-0.25, -0.2) is 0 Å². The molecule has 0 saturated carbocycles. The Kier molecular flexibility index (Phi) is 21.8. The van der Waals surface area contributed by atoms with Gasteiger partial charge in [0.15, 0.2) is 0 Å². The van der Waals surface area contributed by atoms with E-state index in [4.69, 9.17) is 0 Å². The molecule has 0 spiro atoms. The number of hydrogen-bond donors (Lipinski definition) is 2. The minimum atomic E-state index is 1.03. The molecule has 52 valence electrons. The van der Waals surface area contributed by atoms with Crippen LogP contribution in [0.25, 0.3) is 0 Å². The molecular weight excluding hydrogens is 118 g/mol.